The molecular formula is C55H65Cl5N6O5. The molecule has 0 unspecified atom stereocenters. The Balaban J connectivity index is 0.000000268. The Labute approximate surface area is 445 Å². The summed E-state index contributed by atoms with van der Waals surface area (Å²) in [6, 6.07) is 52.4. The average molecular weight is 1070 g/mol. The van der Waals surface area contributed by atoms with E-state index in [0.717, 1.165) is 11.4 Å². The van der Waals surface area contributed by atoms with E-state index in [1.807, 2.05) is 19.0 Å². The second-order valence-corrected chi connectivity index (χ2v) is 20.2. The molecule has 6 aromatic rings. The summed E-state index contributed by atoms with van der Waals surface area (Å²) in [5.74, 6) is 0.281. The third-order valence-corrected chi connectivity index (χ3v) is 12.0. The number of rotatable bonds is 17. The van der Waals surface area contributed by atoms with Crippen molar-refractivity contribution in [3.63, 3.8) is 0 Å². The molecule has 0 spiro atoms. The number of benzene rings is 6. The minimum Gasteiger partial charge on any atom is -0.452 e. The number of aliphatic hydroxyl groups excluding tert-OH is 1. The fourth-order valence-corrected chi connectivity index (χ4v) is 8.14. The van der Waals surface area contributed by atoms with E-state index in [0.29, 0.717) is 13.1 Å². The highest BCUT2D eigenvalue weighted by molar-refractivity contribution is 6.69. The van der Waals surface area contributed by atoms with E-state index in [9.17, 15) is 14.7 Å². The summed E-state index contributed by atoms with van der Waals surface area (Å²) in [6.07, 6.45) is 0. The van der Waals surface area contributed by atoms with Crippen molar-refractivity contribution in [2.75, 3.05) is 126 Å². The molecular weight excluding hydrogens is 1000 g/mol. The van der Waals surface area contributed by atoms with Crippen LogP contribution in [0.5, 0.6) is 0 Å². The molecule has 0 saturated carbocycles. The van der Waals surface area contributed by atoms with Crippen LogP contribution in [0.2, 0.25) is 0 Å². The number of alkyl halides is 3. The van der Waals surface area contributed by atoms with Crippen LogP contribution in [0.4, 0.5) is 43.7 Å². The number of halogens is 5. The number of nitrogens with zero attached hydrogens (tertiary/aromatic N) is 6. The van der Waals surface area contributed by atoms with Crippen LogP contribution in [-0.2, 0) is 9.47 Å². The largest absolute Gasteiger partial charge is 0.452 e. The van der Waals surface area contributed by atoms with Crippen molar-refractivity contribution in [1.29, 1.82) is 0 Å². The molecule has 380 valence electrons. The Morgan fingerprint density at radius 1 is 0.423 bits per heavy atom. The van der Waals surface area contributed by atoms with E-state index in [1.165, 1.54) is 56.1 Å². The molecule has 0 amide bonds. The predicted molar refractivity (Wildman–Crippen MR) is 301 cm³/mol. The van der Waals surface area contributed by atoms with Crippen molar-refractivity contribution in [3.8, 4) is 0 Å². The summed E-state index contributed by atoms with van der Waals surface area (Å²) < 4.78 is 6.66. The molecule has 0 aliphatic rings. The summed E-state index contributed by atoms with van der Waals surface area (Å²) in [4.78, 5) is 33.1. The monoisotopic (exact) mass is 1060 g/mol. The van der Waals surface area contributed by atoms with E-state index in [-0.39, 0.29) is 25.0 Å². The van der Waals surface area contributed by atoms with Crippen LogP contribution in [0.3, 0.4) is 0 Å². The van der Waals surface area contributed by atoms with E-state index >= 15 is 0 Å². The number of hydrogen-bond donors (Lipinski definition) is 1. The summed E-state index contributed by atoms with van der Waals surface area (Å²) >= 11 is 24.7. The van der Waals surface area contributed by atoms with Crippen LogP contribution in [0.15, 0.2) is 146 Å². The fourth-order valence-electron chi connectivity index (χ4n) is 7.62. The first-order chi connectivity index (χ1) is 33.6. The first-order valence-corrected chi connectivity index (χ1v) is 24.6. The smallest absolute Gasteiger partial charge is 0.407 e. The van der Waals surface area contributed by atoms with Crippen molar-refractivity contribution in [3.05, 3.63) is 179 Å². The summed E-state index contributed by atoms with van der Waals surface area (Å²) in [5.41, 5.74) is 12.5. The number of hydrogen-bond acceptors (Lipinski definition) is 11. The summed E-state index contributed by atoms with van der Waals surface area (Å²) in [6.45, 7) is 1.59. The van der Waals surface area contributed by atoms with Gasteiger partial charge in [0.1, 0.15) is 6.61 Å². The molecule has 0 aliphatic carbocycles. The number of aliphatic hydroxyl groups is 1. The highest BCUT2D eigenvalue weighted by Crippen LogP contribution is 2.36. The molecule has 0 heterocycles. The fraction of sp³-hybridized carbons (Fsp3) is 0.309. The Hall–Kier alpha value is -5.53. The van der Waals surface area contributed by atoms with Gasteiger partial charge in [0, 0.05) is 146 Å². The van der Waals surface area contributed by atoms with Crippen LogP contribution in [0, 0.1) is 0 Å². The maximum Gasteiger partial charge on any atom is 0.407 e. The molecule has 0 atom stereocenters. The molecule has 16 heteroatoms. The molecule has 0 fully saturated rings. The number of carbonyl (C=O) groups is 2. The second-order valence-electron chi connectivity index (χ2n) is 17.4. The van der Waals surface area contributed by atoms with Gasteiger partial charge in [-0.3, -0.25) is 0 Å². The maximum atomic E-state index is 10.8. The van der Waals surface area contributed by atoms with Gasteiger partial charge >= 0.3 is 14.8 Å². The third kappa shape index (κ3) is 18.5. The van der Waals surface area contributed by atoms with Gasteiger partial charge in [0.15, 0.2) is 0 Å². The Kier molecular flexibility index (Phi) is 22.8. The van der Waals surface area contributed by atoms with E-state index in [2.05, 4.69) is 243 Å². The lowest BCUT2D eigenvalue weighted by atomic mass is 9.85. The van der Waals surface area contributed by atoms with Crippen LogP contribution in [-0.4, -0.2) is 117 Å². The summed E-state index contributed by atoms with van der Waals surface area (Å²) in [7, 11) is 20.4. The van der Waals surface area contributed by atoms with Gasteiger partial charge in [0.2, 0.25) is 0 Å². The Morgan fingerprint density at radius 3 is 0.845 bits per heavy atom. The molecule has 0 radical (unpaired) electrons. The van der Waals surface area contributed by atoms with E-state index < -0.39 is 14.8 Å². The van der Waals surface area contributed by atoms with Crippen molar-refractivity contribution in [2.45, 2.75) is 15.8 Å². The molecule has 6 rings (SSSR count). The quantitative estimate of drug-likeness (QED) is 0.0538. The number of carbonyl (C=O) groups excluding carboxylic acids is 2. The molecule has 6 aromatic carbocycles. The van der Waals surface area contributed by atoms with Gasteiger partial charge in [0.25, 0.3) is 0 Å². The lowest BCUT2D eigenvalue weighted by Gasteiger charge is -2.23. The van der Waals surface area contributed by atoms with Crippen molar-refractivity contribution in [2.24, 2.45) is 0 Å². The van der Waals surface area contributed by atoms with Gasteiger partial charge in [-0.05, 0) is 141 Å². The van der Waals surface area contributed by atoms with E-state index in [1.54, 1.807) is 0 Å². The van der Waals surface area contributed by atoms with Crippen LogP contribution in [0.25, 0.3) is 0 Å². The predicted octanol–water partition coefficient (Wildman–Crippen LogP) is 12.9. The van der Waals surface area contributed by atoms with E-state index in [4.69, 9.17) is 51.1 Å². The Bertz CT molecular complexity index is 2420. The zero-order chi connectivity index (χ0) is 52.4. The standard InChI is InChI=1S/C27H32ClN3O2.C26H33N3O.C2Cl4O2/c1-29(2)23-12-6-20(7-13-23)26(21-8-14-24(15-9-21)30(3)4)22-10-16-25(17-11-22)31(5)18-19-33-27(28)32;1-27(2)23-12-6-20(7-13-23)26(21-8-14-24(15-9-21)28(3)4)22-10-16-25(17-11-22)29(5)18-19-30;3-1(7)8-2(4,5)6/h6-17,26H,18-19H2,1-5H3;6-17,26,30H,18-19H2,1-5H3;. The van der Waals surface area contributed by atoms with Crippen molar-refractivity contribution >= 4 is 103 Å². The lowest BCUT2D eigenvalue weighted by molar-refractivity contribution is 0.172. The molecule has 0 bridgehead atoms. The average Bonchev–Trinajstić information content (AvgIpc) is 3.32. The van der Waals surface area contributed by atoms with Crippen LogP contribution in [0.1, 0.15) is 45.2 Å². The van der Waals surface area contributed by atoms with Crippen LogP contribution < -0.4 is 29.4 Å². The van der Waals surface area contributed by atoms with Crippen LogP contribution >= 0.6 is 58.0 Å². The zero-order valence-corrected chi connectivity index (χ0v) is 45.8. The first kappa shape index (κ1) is 58.0. The highest BCUT2D eigenvalue weighted by atomic mass is 35.6. The molecule has 0 aliphatic heterocycles. The summed E-state index contributed by atoms with van der Waals surface area (Å²) in [5, 5.41) is 9.21. The maximum absolute atomic E-state index is 10.8. The number of likely N-dealkylation sites (N-methyl/N-ethyl adjacent to an activating group) is 2. The van der Waals surface area contributed by atoms with Crippen molar-refractivity contribution < 1.29 is 24.2 Å². The van der Waals surface area contributed by atoms with Crippen molar-refractivity contribution in [1.82, 2.24) is 0 Å². The Morgan fingerprint density at radius 2 is 0.662 bits per heavy atom. The third-order valence-electron chi connectivity index (χ3n) is 11.6. The van der Waals surface area contributed by atoms with Gasteiger partial charge in [-0.25, -0.2) is 9.59 Å². The van der Waals surface area contributed by atoms with Gasteiger partial charge in [-0.15, -0.1) is 0 Å². The number of anilines is 6. The lowest BCUT2D eigenvalue weighted by Crippen LogP contribution is -2.22. The number of ether oxygens (including phenoxy) is 2. The SMILES string of the molecule is CN(C)c1ccc(C(c2ccc(N(C)C)cc2)c2ccc(N(C)CCO)cc2)cc1.CN(C)c1ccc(C(c2ccc(N(C)C)cc2)c2ccc(N(C)CCOC(=O)Cl)cc2)cc1.O=C(Cl)OC(Cl)(Cl)Cl. The minimum absolute atomic E-state index is 0.119. The minimum atomic E-state index is -2.04. The first-order valence-electron chi connectivity index (χ1n) is 22.7. The molecule has 0 aromatic heterocycles. The van der Waals surface area contributed by atoms with Gasteiger partial charge < -0.3 is 44.0 Å². The highest BCUT2D eigenvalue weighted by Gasteiger charge is 2.24. The molecule has 71 heavy (non-hydrogen) atoms. The second kappa shape index (κ2) is 27.9. The molecule has 0 saturated heterocycles. The molecule has 1 N–H and O–H groups in total. The van der Waals surface area contributed by atoms with Gasteiger partial charge in [0.05, 0.1) is 13.2 Å². The van der Waals surface area contributed by atoms with Gasteiger partial charge in [-0.1, -0.05) is 72.8 Å². The molecule has 11 nitrogen and oxygen atoms in total. The topological polar surface area (TPSA) is 92.3 Å². The van der Waals surface area contributed by atoms with Gasteiger partial charge in [-0.2, -0.15) is 0 Å². The normalized spacial score (nSPS) is 10.8. The zero-order valence-electron chi connectivity index (χ0n) is 42.0.